The summed E-state index contributed by atoms with van der Waals surface area (Å²) in [6, 6.07) is 17.5. The van der Waals surface area contributed by atoms with E-state index >= 15 is 0 Å². The summed E-state index contributed by atoms with van der Waals surface area (Å²) < 4.78 is 5.16. The molecule has 4 rings (SSSR count). The Kier molecular flexibility index (Phi) is 4.90. The standard InChI is InChI=1S/C21H15ClN2O3S/c1-27-16-9-7-14(8-10-16)23-19-18(17-6-3-11-28-17)20(25)24(21(19)26)15-5-2-4-13(22)12-15/h2-12,23H,1H3. The molecule has 0 bridgehead atoms. The fourth-order valence-corrected chi connectivity index (χ4v) is 3.92. The van der Waals surface area contributed by atoms with Gasteiger partial charge < -0.3 is 10.1 Å². The number of anilines is 2. The molecule has 0 aliphatic carbocycles. The Morgan fingerprint density at radius 2 is 1.79 bits per heavy atom. The Balaban J connectivity index is 1.77. The van der Waals surface area contributed by atoms with Gasteiger partial charge in [-0.2, -0.15) is 0 Å². The van der Waals surface area contributed by atoms with Gasteiger partial charge in [0, 0.05) is 15.6 Å². The summed E-state index contributed by atoms with van der Waals surface area (Å²) in [4.78, 5) is 28.2. The molecule has 2 amide bonds. The maximum absolute atomic E-state index is 13.2. The van der Waals surface area contributed by atoms with E-state index in [1.54, 1.807) is 55.6 Å². The normalized spacial score (nSPS) is 14.0. The van der Waals surface area contributed by atoms with Crippen LogP contribution >= 0.6 is 22.9 Å². The van der Waals surface area contributed by atoms with Crippen molar-refractivity contribution in [2.45, 2.75) is 0 Å². The molecule has 0 spiro atoms. The number of thiophene rings is 1. The maximum Gasteiger partial charge on any atom is 0.282 e. The molecule has 1 aliphatic heterocycles. The van der Waals surface area contributed by atoms with E-state index in [0.29, 0.717) is 27.7 Å². The molecule has 140 valence electrons. The van der Waals surface area contributed by atoms with Crippen LogP contribution in [0.4, 0.5) is 11.4 Å². The molecule has 0 atom stereocenters. The Hall–Kier alpha value is -3.09. The van der Waals surface area contributed by atoms with Gasteiger partial charge in [-0.15, -0.1) is 11.3 Å². The van der Waals surface area contributed by atoms with Crippen LogP contribution < -0.4 is 15.0 Å². The van der Waals surface area contributed by atoms with Gasteiger partial charge in [0.2, 0.25) is 0 Å². The summed E-state index contributed by atoms with van der Waals surface area (Å²) in [5, 5.41) is 5.43. The number of amides is 2. The Bertz CT molecular complexity index is 1080. The monoisotopic (exact) mass is 410 g/mol. The van der Waals surface area contributed by atoms with Gasteiger partial charge in [-0.05, 0) is 53.9 Å². The molecule has 7 heteroatoms. The van der Waals surface area contributed by atoms with Crippen molar-refractivity contribution >= 4 is 51.7 Å². The lowest BCUT2D eigenvalue weighted by molar-refractivity contribution is -0.120. The summed E-state index contributed by atoms with van der Waals surface area (Å²) in [7, 11) is 1.59. The number of imide groups is 1. The summed E-state index contributed by atoms with van der Waals surface area (Å²) in [6.45, 7) is 0. The Morgan fingerprint density at radius 1 is 1.00 bits per heavy atom. The Labute approximate surface area is 170 Å². The molecule has 2 aromatic carbocycles. The second-order valence-corrected chi connectivity index (χ2v) is 7.39. The van der Waals surface area contributed by atoms with E-state index in [4.69, 9.17) is 16.3 Å². The second kappa shape index (κ2) is 7.50. The Morgan fingerprint density at radius 3 is 2.43 bits per heavy atom. The number of benzene rings is 2. The van der Waals surface area contributed by atoms with Crippen molar-refractivity contribution in [3.05, 3.63) is 81.6 Å². The van der Waals surface area contributed by atoms with E-state index in [1.807, 2.05) is 17.5 Å². The number of nitrogens with one attached hydrogen (secondary N) is 1. The fourth-order valence-electron chi connectivity index (χ4n) is 2.96. The highest BCUT2D eigenvalue weighted by Crippen LogP contribution is 2.36. The predicted molar refractivity (Wildman–Crippen MR) is 112 cm³/mol. The molecule has 1 aliphatic rings. The highest BCUT2D eigenvalue weighted by molar-refractivity contribution is 7.11. The van der Waals surface area contributed by atoms with Gasteiger partial charge in [0.25, 0.3) is 11.8 Å². The molecule has 0 saturated heterocycles. The summed E-state index contributed by atoms with van der Waals surface area (Å²) in [5.74, 6) is -0.107. The highest BCUT2D eigenvalue weighted by atomic mass is 35.5. The van der Waals surface area contributed by atoms with Gasteiger partial charge in [-0.1, -0.05) is 23.7 Å². The predicted octanol–water partition coefficient (Wildman–Crippen LogP) is 4.81. The van der Waals surface area contributed by atoms with Gasteiger partial charge in [0.15, 0.2) is 0 Å². The van der Waals surface area contributed by atoms with Crippen LogP contribution in [0.3, 0.4) is 0 Å². The molecule has 3 aromatic rings. The largest absolute Gasteiger partial charge is 0.497 e. The number of halogens is 1. The smallest absolute Gasteiger partial charge is 0.282 e. The van der Waals surface area contributed by atoms with Crippen LogP contribution in [0.15, 0.2) is 71.7 Å². The van der Waals surface area contributed by atoms with Crippen molar-refractivity contribution in [2.75, 3.05) is 17.3 Å². The lowest BCUT2D eigenvalue weighted by atomic mass is 10.2. The minimum Gasteiger partial charge on any atom is -0.497 e. The second-order valence-electron chi connectivity index (χ2n) is 6.01. The first-order chi connectivity index (χ1) is 13.6. The third-order valence-corrected chi connectivity index (χ3v) is 5.40. The molecule has 1 aromatic heterocycles. The number of nitrogens with zero attached hydrogens (tertiary/aromatic N) is 1. The SMILES string of the molecule is COc1ccc(NC2=C(c3cccs3)C(=O)N(c3cccc(Cl)c3)C2=O)cc1. The molecule has 5 nitrogen and oxygen atoms in total. The molecule has 1 N–H and O–H groups in total. The minimum atomic E-state index is -0.425. The highest BCUT2D eigenvalue weighted by Gasteiger charge is 2.40. The molecule has 2 heterocycles. The number of hydrogen-bond acceptors (Lipinski definition) is 5. The van der Waals surface area contributed by atoms with Crippen LogP contribution in [0.2, 0.25) is 5.02 Å². The summed E-state index contributed by atoms with van der Waals surface area (Å²) >= 11 is 7.46. The first kappa shape index (κ1) is 18.3. The van der Waals surface area contributed by atoms with Crippen molar-refractivity contribution in [3.63, 3.8) is 0 Å². The van der Waals surface area contributed by atoms with E-state index in [-0.39, 0.29) is 11.6 Å². The summed E-state index contributed by atoms with van der Waals surface area (Å²) in [5.41, 5.74) is 1.69. The first-order valence-corrected chi connectivity index (χ1v) is 9.68. The van der Waals surface area contributed by atoms with Crippen LogP contribution in [0.1, 0.15) is 4.88 Å². The molecule has 0 radical (unpaired) electrons. The molecule has 0 unspecified atom stereocenters. The maximum atomic E-state index is 13.2. The van der Waals surface area contributed by atoms with Crippen LogP contribution in [0, 0.1) is 0 Å². The van der Waals surface area contributed by atoms with Crippen LogP contribution in [0.25, 0.3) is 5.57 Å². The molecule has 0 fully saturated rings. The van der Waals surface area contributed by atoms with E-state index in [9.17, 15) is 9.59 Å². The average molecular weight is 411 g/mol. The van der Waals surface area contributed by atoms with Crippen molar-refractivity contribution in [3.8, 4) is 5.75 Å². The van der Waals surface area contributed by atoms with Crippen molar-refractivity contribution in [1.29, 1.82) is 0 Å². The van der Waals surface area contributed by atoms with Gasteiger partial charge in [0.05, 0.1) is 18.4 Å². The zero-order valence-corrected chi connectivity index (χ0v) is 16.4. The number of hydrogen-bond donors (Lipinski definition) is 1. The van der Waals surface area contributed by atoms with E-state index < -0.39 is 5.91 Å². The lowest BCUT2D eigenvalue weighted by Gasteiger charge is -2.15. The molecular weight excluding hydrogens is 396 g/mol. The van der Waals surface area contributed by atoms with Crippen molar-refractivity contribution in [1.82, 2.24) is 0 Å². The quantitative estimate of drug-likeness (QED) is 0.613. The molecule has 28 heavy (non-hydrogen) atoms. The van der Waals surface area contributed by atoms with E-state index in [0.717, 1.165) is 9.78 Å². The van der Waals surface area contributed by atoms with Crippen molar-refractivity contribution < 1.29 is 14.3 Å². The van der Waals surface area contributed by atoms with Gasteiger partial charge in [0.1, 0.15) is 11.4 Å². The van der Waals surface area contributed by atoms with Crippen LogP contribution in [-0.4, -0.2) is 18.9 Å². The van der Waals surface area contributed by atoms with Gasteiger partial charge in [-0.3, -0.25) is 9.59 Å². The third kappa shape index (κ3) is 3.28. The zero-order chi connectivity index (χ0) is 19.7. The van der Waals surface area contributed by atoms with Crippen molar-refractivity contribution in [2.24, 2.45) is 0 Å². The van der Waals surface area contributed by atoms with E-state index in [1.165, 1.54) is 11.3 Å². The average Bonchev–Trinajstić information content (AvgIpc) is 3.29. The number of rotatable bonds is 5. The zero-order valence-electron chi connectivity index (χ0n) is 14.8. The number of carbonyl (C=O) groups excluding carboxylic acids is 2. The topological polar surface area (TPSA) is 58.6 Å². The van der Waals surface area contributed by atoms with Crippen LogP contribution in [0.5, 0.6) is 5.75 Å². The molecule has 0 saturated carbocycles. The number of carbonyl (C=O) groups is 2. The van der Waals surface area contributed by atoms with Gasteiger partial charge in [-0.25, -0.2) is 4.90 Å². The lowest BCUT2D eigenvalue weighted by Crippen LogP contribution is -2.32. The first-order valence-electron chi connectivity index (χ1n) is 8.42. The third-order valence-electron chi connectivity index (χ3n) is 4.28. The number of ether oxygens (including phenoxy) is 1. The van der Waals surface area contributed by atoms with Crippen LogP contribution in [-0.2, 0) is 9.59 Å². The fraction of sp³-hybridized carbons (Fsp3) is 0.0476. The summed E-state index contributed by atoms with van der Waals surface area (Å²) in [6.07, 6.45) is 0. The minimum absolute atomic E-state index is 0.234. The molecular formula is C21H15ClN2O3S. The van der Waals surface area contributed by atoms with Gasteiger partial charge >= 0.3 is 0 Å². The number of methoxy groups -OCH3 is 1. The van der Waals surface area contributed by atoms with E-state index in [2.05, 4.69) is 5.32 Å².